The molecular formula is C16H21N5O3S. The van der Waals surface area contributed by atoms with Gasteiger partial charge in [0.15, 0.2) is 10.7 Å². The van der Waals surface area contributed by atoms with Gasteiger partial charge in [-0.25, -0.2) is 8.42 Å². The molecule has 1 aromatic heterocycles. The Labute approximate surface area is 147 Å². The highest BCUT2D eigenvalue weighted by Crippen LogP contribution is 2.29. The number of anilines is 1. The molecule has 9 heteroatoms. The van der Waals surface area contributed by atoms with Gasteiger partial charge in [0, 0.05) is 18.0 Å². The van der Waals surface area contributed by atoms with E-state index in [4.69, 9.17) is 10.1 Å². The van der Waals surface area contributed by atoms with Gasteiger partial charge in [-0.3, -0.25) is 4.31 Å². The second-order valence-corrected chi connectivity index (χ2v) is 7.61. The summed E-state index contributed by atoms with van der Waals surface area (Å²) in [7, 11) is -3.85. The lowest BCUT2D eigenvalue weighted by Crippen LogP contribution is -2.33. The summed E-state index contributed by atoms with van der Waals surface area (Å²) in [5, 5.41) is 7.23. The summed E-state index contributed by atoms with van der Waals surface area (Å²) in [6.45, 7) is 7.48. The van der Waals surface area contributed by atoms with Crippen molar-refractivity contribution in [2.24, 2.45) is 5.11 Å². The number of hydrogen-bond acceptors (Lipinski definition) is 5. The summed E-state index contributed by atoms with van der Waals surface area (Å²) < 4.78 is 32.8. The van der Waals surface area contributed by atoms with Crippen LogP contribution in [0.5, 0.6) is 0 Å². The predicted molar refractivity (Wildman–Crippen MR) is 95.1 cm³/mol. The summed E-state index contributed by atoms with van der Waals surface area (Å²) in [5.74, 6) is 0.251. The van der Waals surface area contributed by atoms with E-state index in [0.717, 1.165) is 11.1 Å². The lowest BCUT2D eigenvalue weighted by molar-refractivity contribution is 0.390. The summed E-state index contributed by atoms with van der Waals surface area (Å²) >= 11 is 0. The van der Waals surface area contributed by atoms with Crippen LogP contribution in [0.15, 0.2) is 32.7 Å². The highest BCUT2D eigenvalue weighted by Gasteiger charge is 2.31. The molecule has 1 heterocycles. The zero-order valence-electron chi connectivity index (χ0n) is 14.7. The van der Waals surface area contributed by atoms with Crippen molar-refractivity contribution in [1.82, 2.24) is 5.16 Å². The van der Waals surface area contributed by atoms with E-state index in [2.05, 4.69) is 15.2 Å². The van der Waals surface area contributed by atoms with Crippen LogP contribution in [0.3, 0.4) is 0 Å². The van der Waals surface area contributed by atoms with Crippen LogP contribution < -0.4 is 4.31 Å². The van der Waals surface area contributed by atoms with E-state index in [1.54, 1.807) is 19.9 Å². The average molecular weight is 363 g/mol. The van der Waals surface area contributed by atoms with Crippen LogP contribution in [0, 0.1) is 27.7 Å². The Bertz CT molecular complexity index is 894. The first-order valence-electron chi connectivity index (χ1n) is 7.82. The summed E-state index contributed by atoms with van der Waals surface area (Å²) in [4.78, 5) is 2.78. The lowest BCUT2D eigenvalue weighted by Gasteiger charge is -2.25. The Kier molecular flexibility index (Phi) is 5.71. The molecule has 0 spiro atoms. The van der Waals surface area contributed by atoms with Gasteiger partial charge in [0.2, 0.25) is 0 Å². The molecule has 0 amide bonds. The third-order valence-electron chi connectivity index (χ3n) is 3.98. The van der Waals surface area contributed by atoms with Gasteiger partial charge in [-0.15, -0.1) is 0 Å². The maximum absolute atomic E-state index is 13.2. The number of rotatable bonds is 7. The number of benzene rings is 1. The summed E-state index contributed by atoms with van der Waals surface area (Å²) in [5.41, 5.74) is 11.4. The van der Waals surface area contributed by atoms with Crippen LogP contribution in [0.2, 0.25) is 0 Å². The maximum atomic E-state index is 13.2. The lowest BCUT2D eigenvalue weighted by atomic mass is 10.1. The average Bonchev–Trinajstić information content (AvgIpc) is 2.89. The Balaban J connectivity index is 2.49. The fourth-order valence-corrected chi connectivity index (χ4v) is 4.34. The molecule has 0 aliphatic rings. The van der Waals surface area contributed by atoms with Crippen LogP contribution in [0.4, 0.5) is 5.69 Å². The first-order chi connectivity index (χ1) is 11.8. The van der Waals surface area contributed by atoms with Gasteiger partial charge in [-0.1, -0.05) is 16.3 Å². The molecule has 0 saturated carbocycles. The third kappa shape index (κ3) is 3.94. The van der Waals surface area contributed by atoms with E-state index in [1.165, 1.54) is 4.31 Å². The van der Waals surface area contributed by atoms with Crippen LogP contribution in [-0.2, 0) is 10.0 Å². The molecule has 25 heavy (non-hydrogen) atoms. The van der Waals surface area contributed by atoms with Crippen molar-refractivity contribution in [3.8, 4) is 0 Å². The fraction of sp³-hybridized carbons (Fsp3) is 0.438. The van der Waals surface area contributed by atoms with Crippen molar-refractivity contribution in [2.75, 3.05) is 17.4 Å². The van der Waals surface area contributed by atoms with Crippen LogP contribution in [-0.4, -0.2) is 26.7 Å². The van der Waals surface area contributed by atoms with Crippen molar-refractivity contribution in [3.63, 3.8) is 0 Å². The van der Waals surface area contributed by atoms with Gasteiger partial charge >= 0.3 is 0 Å². The number of nitrogens with zero attached hydrogens (tertiary/aromatic N) is 5. The zero-order valence-corrected chi connectivity index (χ0v) is 15.5. The molecule has 0 fully saturated rings. The molecule has 2 rings (SSSR count). The van der Waals surface area contributed by atoms with Crippen molar-refractivity contribution in [3.05, 3.63) is 51.2 Å². The number of aromatic nitrogens is 1. The fourth-order valence-electron chi connectivity index (χ4n) is 2.55. The monoisotopic (exact) mass is 363 g/mol. The molecule has 0 unspecified atom stereocenters. The highest BCUT2D eigenvalue weighted by atomic mass is 32.2. The topological polar surface area (TPSA) is 112 Å². The minimum Gasteiger partial charge on any atom is -0.360 e. The van der Waals surface area contributed by atoms with Gasteiger partial charge < -0.3 is 4.52 Å². The molecule has 0 saturated heterocycles. The molecule has 0 N–H and O–H groups in total. The SMILES string of the molecule is Cc1ccc(N(CCCN=[N+]=[N-])S(=O)(=O)c2c(C)noc2C)cc1C. The van der Waals surface area contributed by atoms with E-state index >= 15 is 0 Å². The van der Waals surface area contributed by atoms with Crippen LogP contribution >= 0.6 is 0 Å². The molecule has 0 bridgehead atoms. The van der Waals surface area contributed by atoms with Crippen LogP contribution in [0.1, 0.15) is 29.0 Å². The largest absolute Gasteiger partial charge is 0.360 e. The van der Waals surface area contributed by atoms with E-state index in [9.17, 15) is 8.42 Å². The summed E-state index contributed by atoms with van der Waals surface area (Å²) in [6, 6.07) is 5.48. The van der Waals surface area contributed by atoms with Crippen molar-refractivity contribution in [1.29, 1.82) is 0 Å². The molecule has 2 aromatic rings. The van der Waals surface area contributed by atoms with Gasteiger partial charge in [-0.2, -0.15) is 0 Å². The standard InChI is InChI=1S/C16H21N5O3S/c1-11-6-7-15(10-12(11)2)21(9-5-8-18-20-17)25(22,23)16-13(3)19-24-14(16)4/h6-7,10H,5,8-9H2,1-4H3. The second-order valence-electron chi connectivity index (χ2n) is 5.81. The van der Waals surface area contributed by atoms with Crippen molar-refractivity contribution < 1.29 is 12.9 Å². The molecule has 134 valence electrons. The smallest absolute Gasteiger partial charge is 0.269 e. The van der Waals surface area contributed by atoms with E-state index < -0.39 is 10.0 Å². The molecule has 0 aliphatic heterocycles. The molecule has 0 atom stereocenters. The van der Waals surface area contributed by atoms with Gasteiger partial charge in [0.25, 0.3) is 10.0 Å². The Morgan fingerprint density at radius 1 is 1.24 bits per heavy atom. The quantitative estimate of drug-likeness (QED) is 0.322. The number of hydrogen-bond donors (Lipinski definition) is 0. The van der Waals surface area contributed by atoms with E-state index in [-0.39, 0.29) is 23.7 Å². The first kappa shape index (κ1) is 18.8. The Morgan fingerprint density at radius 3 is 2.52 bits per heavy atom. The van der Waals surface area contributed by atoms with Crippen molar-refractivity contribution in [2.45, 2.75) is 39.0 Å². The number of sulfonamides is 1. The second kappa shape index (κ2) is 7.58. The Hall–Kier alpha value is -2.51. The predicted octanol–water partition coefficient (Wildman–Crippen LogP) is 3.80. The highest BCUT2D eigenvalue weighted by molar-refractivity contribution is 7.93. The molecule has 1 aromatic carbocycles. The molecular weight excluding hydrogens is 342 g/mol. The van der Waals surface area contributed by atoms with Gasteiger partial charge in [-0.05, 0) is 62.9 Å². The zero-order chi connectivity index (χ0) is 18.6. The van der Waals surface area contributed by atoms with Crippen molar-refractivity contribution >= 4 is 15.7 Å². The van der Waals surface area contributed by atoms with Gasteiger partial charge in [0.1, 0.15) is 5.69 Å². The van der Waals surface area contributed by atoms with E-state index in [0.29, 0.717) is 17.8 Å². The molecule has 0 radical (unpaired) electrons. The minimum absolute atomic E-state index is 0.0783. The van der Waals surface area contributed by atoms with Gasteiger partial charge in [0.05, 0.1) is 5.69 Å². The van der Waals surface area contributed by atoms with E-state index in [1.807, 2.05) is 26.0 Å². The number of azide groups is 1. The first-order valence-corrected chi connectivity index (χ1v) is 9.26. The Morgan fingerprint density at radius 2 is 1.96 bits per heavy atom. The third-order valence-corrected chi connectivity index (χ3v) is 6.05. The molecule has 8 nitrogen and oxygen atoms in total. The number of aryl methyl sites for hydroxylation is 4. The van der Waals surface area contributed by atoms with Crippen LogP contribution in [0.25, 0.3) is 10.4 Å². The summed E-state index contributed by atoms with van der Waals surface area (Å²) in [6.07, 6.45) is 0.402. The maximum Gasteiger partial charge on any atom is 0.269 e. The molecule has 0 aliphatic carbocycles. The minimum atomic E-state index is -3.85. The normalized spacial score (nSPS) is 11.2.